The van der Waals surface area contributed by atoms with E-state index in [1.165, 1.54) is 0 Å². The van der Waals surface area contributed by atoms with Crippen molar-refractivity contribution < 1.29 is 19.4 Å². The molecule has 4 rings (SSSR count). The molecule has 0 spiro atoms. The Kier molecular flexibility index (Phi) is 4.23. The Hall–Kier alpha value is -2.34. The maximum Gasteiger partial charge on any atom is 0.311 e. The summed E-state index contributed by atoms with van der Waals surface area (Å²) >= 11 is 0. The van der Waals surface area contributed by atoms with Crippen LogP contribution < -0.4 is 0 Å². The van der Waals surface area contributed by atoms with E-state index in [1.807, 2.05) is 35.0 Å². The van der Waals surface area contributed by atoms with E-state index in [-0.39, 0.29) is 11.8 Å². The summed E-state index contributed by atoms with van der Waals surface area (Å²) in [5.41, 5.74) is 0.904. The predicted octanol–water partition coefficient (Wildman–Crippen LogP) is 2.61. The Balaban J connectivity index is 1.66. The first-order valence-electron chi connectivity index (χ1n) is 9.16. The average molecular weight is 356 g/mol. The molecule has 1 aromatic heterocycles. The van der Waals surface area contributed by atoms with Crippen LogP contribution in [0.5, 0.6) is 0 Å². The largest absolute Gasteiger partial charge is 0.481 e. The summed E-state index contributed by atoms with van der Waals surface area (Å²) in [5.74, 6) is -0.740. The van der Waals surface area contributed by atoms with Crippen molar-refractivity contribution in [2.45, 2.75) is 25.8 Å². The van der Waals surface area contributed by atoms with Crippen molar-refractivity contribution in [1.82, 2.24) is 9.47 Å². The maximum absolute atomic E-state index is 13.2. The highest BCUT2D eigenvalue weighted by Crippen LogP contribution is 2.49. The van der Waals surface area contributed by atoms with Crippen LogP contribution >= 0.6 is 0 Å². The average Bonchev–Trinajstić information content (AvgIpc) is 3.30. The van der Waals surface area contributed by atoms with Crippen LogP contribution in [-0.4, -0.2) is 53.3 Å². The summed E-state index contributed by atoms with van der Waals surface area (Å²) in [6.45, 7) is 2.11. The summed E-state index contributed by atoms with van der Waals surface area (Å²) in [5, 5.41) is 10.7. The molecule has 1 N–H and O–H groups in total. The predicted molar refractivity (Wildman–Crippen MR) is 97.1 cm³/mol. The third-order valence-electron chi connectivity index (χ3n) is 6.14. The SMILES string of the molecule is COCCn1cc(C(=O)N2C[C@@H]3CCC[C@@]3(C(=O)O)C2)c2ccccc21. The molecular formula is C20H24N2O4. The van der Waals surface area contributed by atoms with Crippen molar-refractivity contribution in [2.75, 3.05) is 26.8 Å². The molecule has 138 valence electrons. The van der Waals surface area contributed by atoms with Crippen LogP contribution in [0.4, 0.5) is 0 Å². The number of carboxylic acid groups (broad SMARTS) is 1. The topological polar surface area (TPSA) is 71.8 Å². The first-order chi connectivity index (χ1) is 12.6. The summed E-state index contributed by atoms with van der Waals surface area (Å²) in [7, 11) is 1.66. The van der Waals surface area contributed by atoms with Gasteiger partial charge in [-0.2, -0.15) is 0 Å². The van der Waals surface area contributed by atoms with E-state index >= 15 is 0 Å². The Morgan fingerprint density at radius 3 is 2.88 bits per heavy atom. The number of ether oxygens (including phenoxy) is 1. The molecule has 6 heteroatoms. The van der Waals surface area contributed by atoms with Gasteiger partial charge in [0.25, 0.3) is 5.91 Å². The standard InChI is InChI=1S/C20H24N2O4/c1-26-10-9-21-12-16(15-6-2-3-7-17(15)21)18(23)22-11-14-5-4-8-20(14,13-22)19(24)25/h2-3,6-7,12,14H,4-5,8-11,13H2,1H3,(H,24,25)/t14-,20+/m0/s1. The minimum absolute atomic E-state index is 0.0626. The number of benzene rings is 1. The number of hydrogen-bond donors (Lipinski definition) is 1. The van der Waals surface area contributed by atoms with Gasteiger partial charge in [0.05, 0.1) is 17.6 Å². The molecule has 1 amide bonds. The second kappa shape index (κ2) is 6.43. The van der Waals surface area contributed by atoms with Crippen molar-refractivity contribution in [3.05, 3.63) is 36.0 Å². The van der Waals surface area contributed by atoms with Crippen molar-refractivity contribution in [1.29, 1.82) is 0 Å². The third-order valence-corrected chi connectivity index (χ3v) is 6.14. The number of carboxylic acids is 1. The Morgan fingerprint density at radius 1 is 1.35 bits per heavy atom. The number of carbonyl (C=O) groups is 2. The molecular weight excluding hydrogens is 332 g/mol. The van der Waals surface area contributed by atoms with Gasteiger partial charge in [-0.3, -0.25) is 9.59 Å². The number of aromatic nitrogens is 1. The highest BCUT2D eigenvalue weighted by atomic mass is 16.5. The van der Waals surface area contributed by atoms with Crippen LogP contribution in [0.25, 0.3) is 10.9 Å². The summed E-state index contributed by atoms with van der Waals surface area (Å²) in [4.78, 5) is 26.9. The molecule has 26 heavy (non-hydrogen) atoms. The number of nitrogens with zero attached hydrogens (tertiary/aromatic N) is 2. The van der Waals surface area contributed by atoms with Crippen LogP contribution in [0.2, 0.25) is 0 Å². The Bertz CT molecular complexity index is 859. The van der Waals surface area contributed by atoms with E-state index in [0.717, 1.165) is 23.7 Å². The van der Waals surface area contributed by atoms with Gasteiger partial charge in [0.1, 0.15) is 0 Å². The molecule has 1 saturated carbocycles. The van der Waals surface area contributed by atoms with Gasteiger partial charge in [-0.05, 0) is 24.8 Å². The molecule has 2 heterocycles. The number of amides is 1. The molecule has 0 radical (unpaired) electrons. The number of para-hydroxylation sites is 1. The van der Waals surface area contributed by atoms with Gasteiger partial charge in [-0.25, -0.2) is 0 Å². The van der Waals surface area contributed by atoms with E-state index in [9.17, 15) is 14.7 Å². The molecule has 1 saturated heterocycles. The molecule has 1 aliphatic carbocycles. The molecule has 2 atom stereocenters. The summed E-state index contributed by atoms with van der Waals surface area (Å²) in [6.07, 6.45) is 4.39. The molecule has 1 aliphatic heterocycles. The second-order valence-corrected chi connectivity index (χ2v) is 7.48. The number of aliphatic carboxylic acids is 1. The Morgan fingerprint density at radius 2 is 2.15 bits per heavy atom. The zero-order chi connectivity index (χ0) is 18.3. The van der Waals surface area contributed by atoms with Crippen LogP contribution in [0.3, 0.4) is 0 Å². The van der Waals surface area contributed by atoms with E-state index < -0.39 is 11.4 Å². The molecule has 2 fully saturated rings. The fourth-order valence-corrected chi connectivity index (χ4v) is 4.76. The highest BCUT2D eigenvalue weighted by Gasteiger charge is 2.55. The number of rotatable bonds is 5. The van der Waals surface area contributed by atoms with Gasteiger partial charge >= 0.3 is 5.97 Å². The van der Waals surface area contributed by atoms with Gasteiger partial charge in [0.2, 0.25) is 0 Å². The van der Waals surface area contributed by atoms with Crippen LogP contribution in [0.1, 0.15) is 29.6 Å². The van der Waals surface area contributed by atoms with Gasteiger partial charge in [-0.15, -0.1) is 0 Å². The Labute approximate surface area is 152 Å². The lowest BCUT2D eigenvalue weighted by Crippen LogP contribution is -2.37. The van der Waals surface area contributed by atoms with E-state index in [4.69, 9.17) is 4.74 Å². The zero-order valence-electron chi connectivity index (χ0n) is 15.0. The number of methoxy groups -OCH3 is 1. The highest BCUT2D eigenvalue weighted by molar-refractivity contribution is 6.07. The maximum atomic E-state index is 13.2. The van der Waals surface area contributed by atoms with Crippen molar-refractivity contribution in [2.24, 2.45) is 11.3 Å². The van der Waals surface area contributed by atoms with E-state index in [2.05, 4.69) is 0 Å². The summed E-state index contributed by atoms with van der Waals surface area (Å²) < 4.78 is 7.21. The first kappa shape index (κ1) is 17.1. The third kappa shape index (κ3) is 2.51. The quantitative estimate of drug-likeness (QED) is 0.894. The fourth-order valence-electron chi connectivity index (χ4n) is 4.76. The van der Waals surface area contributed by atoms with Crippen LogP contribution in [0, 0.1) is 11.3 Å². The molecule has 2 aliphatic rings. The molecule has 0 unspecified atom stereocenters. The lowest BCUT2D eigenvalue weighted by Gasteiger charge is -2.23. The fraction of sp³-hybridized carbons (Fsp3) is 0.500. The minimum atomic E-state index is -0.752. The van der Waals surface area contributed by atoms with Gasteiger partial charge in [0.15, 0.2) is 0 Å². The normalized spacial score (nSPS) is 25.0. The van der Waals surface area contributed by atoms with Crippen molar-refractivity contribution in [3.8, 4) is 0 Å². The first-order valence-corrected chi connectivity index (χ1v) is 9.16. The second-order valence-electron chi connectivity index (χ2n) is 7.48. The van der Waals surface area contributed by atoms with E-state index in [0.29, 0.717) is 38.2 Å². The van der Waals surface area contributed by atoms with Crippen molar-refractivity contribution in [3.63, 3.8) is 0 Å². The summed E-state index contributed by atoms with van der Waals surface area (Å²) in [6, 6.07) is 7.84. The van der Waals surface area contributed by atoms with E-state index in [1.54, 1.807) is 12.0 Å². The lowest BCUT2D eigenvalue weighted by atomic mass is 9.81. The number of fused-ring (bicyclic) bond motifs is 2. The van der Waals surface area contributed by atoms with Crippen LogP contribution in [0.15, 0.2) is 30.5 Å². The monoisotopic (exact) mass is 356 g/mol. The smallest absolute Gasteiger partial charge is 0.311 e. The van der Waals surface area contributed by atoms with Gasteiger partial charge in [0, 0.05) is 43.8 Å². The molecule has 1 aromatic carbocycles. The molecule has 2 aromatic rings. The minimum Gasteiger partial charge on any atom is -0.481 e. The van der Waals surface area contributed by atoms with Gasteiger partial charge < -0.3 is 19.3 Å². The number of carbonyl (C=O) groups excluding carboxylic acids is 1. The molecule has 6 nitrogen and oxygen atoms in total. The van der Waals surface area contributed by atoms with Crippen molar-refractivity contribution >= 4 is 22.8 Å². The number of hydrogen-bond acceptors (Lipinski definition) is 3. The van der Waals surface area contributed by atoms with Crippen LogP contribution in [-0.2, 0) is 16.1 Å². The molecule has 0 bridgehead atoms. The lowest BCUT2D eigenvalue weighted by molar-refractivity contribution is -0.149. The number of likely N-dealkylation sites (tertiary alicyclic amines) is 1. The van der Waals surface area contributed by atoms with Gasteiger partial charge in [-0.1, -0.05) is 24.6 Å². The zero-order valence-corrected chi connectivity index (χ0v) is 15.0.